The predicted octanol–water partition coefficient (Wildman–Crippen LogP) is 4.96. The highest BCUT2D eigenvalue weighted by Crippen LogP contribution is 2.31. The Kier molecular flexibility index (Phi) is 10.2. The number of aromatic nitrogens is 1. The van der Waals surface area contributed by atoms with Crippen molar-refractivity contribution in [2.24, 2.45) is 0 Å². The zero-order chi connectivity index (χ0) is 22.7. The summed E-state index contributed by atoms with van der Waals surface area (Å²) < 4.78 is 27.9. The van der Waals surface area contributed by atoms with Crippen LogP contribution in [0.15, 0.2) is 59.5 Å². The van der Waals surface area contributed by atoms with E-state index in [1.165, 1.54) is 0 Å². The fourth-order valence-electron chi connectivity index (χ4n) is 4.07. The van der Waals surface area contributed by atoms with Gasteiger partial charge in [0, 0.05) is 43.2 Å². The normalized spacial score (nSPS) is 15.4. The Morgan fingerprint density at radius 2 is 1.62 bits per heavy atom. The van der Waals surface area contributed by atoms with Gasteiger partial charge in [0.15, 0.2) is 0 Å². The third-order valence-electron chi connectivity index (χ3n) is 6.27. The van der Waals surface area contributed by atoms with Crippen molar-refractivity contribution < 1.29 is 8.42 Å². The second-order valence-electron chi connectivity index (χ2n) is 8.43. The topological polar surface area (TPSA) is 65.5 Å². The Morgan fingerprint density at radius 3 is 2.24 bits per heavy atom. The van der Waals surface area contributed by atoms with E-state index in [-0.39, 0.29) is 35.8 Å². The molecule has 2 aromatic carbocycles. The molecule has 3 aromatic rings. The van der Waals surface area contributed by atoms with E-state index in [0.29, 0.717) is 0 Å². The Labute approximate surface area is 215 Å². The van der Waals surface area contributed by atoms with Crippen molar-refractivity contribution in [1.29, 1.82) is 0 Å². The molecule has 1 saturated heterocycles. The molecule has 0 bridgehead atoms. The smallest absolute Gasteiger partial charge is 0.240 e. The molecular weight excluding hydrogens is 491 g/mol. The van der Waals surface area contributed by atoms with Gasteiger partial charge in [0.2, 0.25) is 10.0 Å². The maximum Gasteiger partial charge on any atom is 0.240 e. The third kappa shape index (κ3) is 6.20. The van der Waals surface area contributed by atoms with Crippen LogP contribution < -0.4 is 9.62 Å². The molecule has 1 N–H and O–H groups in total. The van der Waals surface area contributed by atoms with Gasteiger partial charge in [-0.25, -0.2) is 18.1 Å². The number of halogens is 2. The van der Waals surface area contributed by atoms with Crippen LogP contribution in [0.1, 0.15) is 27.2 Å². The highest BCUT2D eigenvalue weighted by Gasteiger charge is 2.20. The minimum absolute atomic E-state index is 0. The molecule has 0 aliphatic carbocycles. The zero-order valence-electron chi connectivity index (χ0n) is 19.9. The van der Waals surface area contributed by atoms with Crippen LogP contribution in [-0.2, 0) is 10.0 Å². The summed E-state index contributed by atoms with van der Waals surface area (Å²) in [5.41, 5.74) is 1.77. The standard InChI is InChI=1S/C25H32N4O2S.2ClH/c1-4-19(3)27-32(30,31)22-12-10-20(11-13-22)24-18-21-8-6-7-9-23(21)25(26-24)29-16-14-28(5-2)15-17-29;;/h6-13,18-19,27H,4-5,14-17H2,1-3H3;2*1H. The Balaban J connectivity index is 0.00000204. The van der Waals surface area contributed by atoms with Crippen LogP contribution in [0, 0.1) is 0 Å². The summed E-state index contributed by atoms with van der Waals surface area (Å²) in [7, 11) is -3.52. The minimum Gasteiger partial charge on any atom is -0.354 e. The summed E-state index contributed by atoms with van der Waals surface area (Å²) in [6.07, 6.45) is 0.744. The number of sulfonamides is 1. The summed E-state index contributed by atoms with van der Waals surface area (Å²) in [6, 6.07) is 17.3. The van der Waals surface area contributed by atoms with E-state index in [0.717, 1.165) is 67.0 Å². The van der Waals surface area contributed by atoms with Gasteiger partial charge in [-0.3, -0.25) is 0 Å². The second-order valence-corrected chi connectivity index (χ2v) is 10.1. The number of anilines is 1. The Morgan fingerprint density at radius 1 is 0.971 bits per heavy atom. The highest BCUT2D eigenvalue weighted by atomic mass is 35.5. The van der Waals surface area contributed by atoms with Crippen molar-refractivity contribution in [3.05, 3.63) is 54.6 Å². The molecule has 0 amide bonds. The minimum atomic E-state index is -3.52. The number of pyridine rings is 1. The number of fused-ring (bicyclic) bond motifs is 1. The van der Waals surface area contributed by atoms with Crippen LogP contribution in [0.3, 0.4) is 0 Å². The number of benzene rings is 2. The van der Waals surface area contributed by atoms with E-state index < -0.39 is 10.0 Å². The van der Waals surface area contributed by atoms with Crippen molar-refractivity contribution in [3.63, 3.8) is 0 Å². The molecule has 0 spiro atoms. The van der Waals surface area contributed by atoms with E-state index in [1.807, 2.05) is 32.0 Å². The van der Waals surface area contributed by atoms with Gasteiger partial charge in [-0.2, -0.15) is 0 Å². The molecule has 6 nitrogen and oxygen atoms in total. The van der Waals surface area contributed by atoms with Crippen molar-refractivity contribution in [1.82, 2.24) is 14.6 Å². The number of hydrogen-bond acceptors (Lipinski definition) is 5. The lowest BCUT2D eigenvalue weighted by Crippen LogP contribution is -2.46. The van der Waals surface area contributed by atoms with E-state index in [1.54, 1.807) is 12.1 Å². The highest BCUT2D eigenvalue weighted by molar-refractivity contribution is 7.89. The van der Waals surface area contributed by atoms with Gasteiger partial charge in [-0.05, 0) is 43.5 Å². The molecule has 1 aliphatic rings. The average Bonchev–Trinajstić information content (AvgIpc) is 2.83. The lowest BCUT2D eigenvalue weighted by molar-refractivity contribution is 0.271. The first-order chi connectivity index (χ1) is 15.4. The molecule has 9 heteroatoms. The summed E-state index contributed by atoms with van der Waals surface area (Å²) in [5, 5.41) is 2.29. The molecule has 34 heavy (non-hydrogen) atoms. The maximum absolute atomic E-state index is 12.6. The molecule has 0 saturated carbocycles. The van der Waals surface area contributed by atoms with Gasteiger partial charge in [-0.1, -0.05) is 50.2 Å². The molecule has 0 radical (unpaired) electrons. The predicted molar refractivity (Wildman–Crippen MR) is 146 cm³/mol. The van der Waals surface area contributed by atoms with Crippen LogP contribution >= 0.6 is 24.8 Å². The van der Waals surface area contributed by atoms with E-state index in [9.17, 15) is 8.42 Å². The molecule has 4 rings (SSSR count). The van der Waals surface area contributed by atoms with Gasteiger partial charge in [0.05, 0.1) is 10.6 Å². The van der Waals surface area contributed by atoms with E-state index in [2.05, 4.69) is 45.7 Å². The SMILES string of the molecule is CCC(C)NS(=O)(=O)c1ccc(-c2cc3ccccc3c(N3CCN(CC)CC3)n2)cc1.Cl.Cl. The van der Waals surface area contributed by atoms with Gasteiger partial charge >= 0.3 is 0 Å². The van der Waals surface area contributed by atoms with Crippen LogP contribution in [0.4, 0.5) is 5.82 Å². The average molecular weight is 526 g/mol. The van der Waals surface area contributed by atoms with Crippen molar-refractivity contribution in [2.45, 2.75) is 38.1 Å². The lowest BCUT2D eigenvalue weighted by atomic mass is 10.1. The quantitative estimate of drug-likeness (QED) is 0.472. The van der Waals surface area contributed by atoms with Gasteiger partial charge < -0.3 is 9.80 Å². The molecule has 1 aliphatic heterocycles. The summed E-state index contributed by atoms with van der Waals surface area (Å²) >= 11 is 0. The van der Waals surface area contributed by atoms with Crippen LogP contribution in [-0.4, -0.2) is 57.1 Å². The molecule has 186 valence electrons. The second kappa shape index (κ2) is 12.2. The first-order valence-corrected chi connectivity index (χ1v) is 12.9. The molecule has 1 fully saturated rings. The number of nitrogens with zero attached hydrogens (tertiary/aromatic N) is 3. The zero-order valence-corrected chi connectivity index (χ0v) is 22.3. The third-order valence-corrected chi connectivity index (χ3v) is 7.87. The molecular formula is C25H34Cl2N4O2S. The lowest BCUT2D eigenvalue weighted by Gasteiger charge is -2.35. The largest absolute Gasteiger partial charge is 0.354 e. The van der Waals surface area contributed by atoms with E-state index >= 15 is 0 Å². The van der Waals surface area contributed by atoms with Gasteiger partial charge in [-0.15, -0.1) is 24.8 Å². The fourth-order valence-corrected chi connectivity index (χ4v) is 5.39. The molecule has 1 aromatic heterocycles. The number of likely N-dealkylation sites (N-methyl/N-ethyl adjacent to an activating group) is 1. The van der Waals surface area contributed by atoms with Crippen molar-refractivity contribution in [3.8, 4) is 11.3 Å². The number of hydrogen-bond donors (Lipinski definition) is 1. The van der Waals surface area contributed by atoms with Crippen molar-refractivity contribution in [2.75, 3.05) is 37.6 Å². The number of piperazine rings is 1. The summed E-state index contributed by atoms with van der Waals surface area (Å²) in [6.45, 7) is 11.1. The number of nitrogens with one attached hydrogen (secondary N) is 1. The summed E-state index contributed by atoms with van der Waals surface area (Å²) in [5.74, 6) is 1.00. The Bertz CT molecular complexity index is 1180. The fraction of sp³-hybridized carbons (Fsp3) is 0.400. The van der Waals surface area contributed by atoms with Crippen LogP contribution in [0.2, 0.25) is 0 Å². The molecule has 1 unspecified atom stereocenters. The van der Waals surface area contributed by atoms with Crippen LogP contribution in [0.5, 0.6) is 0 Å². The van der Waals surface area contributed by atoms with E-state index in [4.69, 9.17) is 4.98 Å². The van der Waals surface area contributed by atoms with Crippen LogP contribution in [0.25, 0.3) is 22.0 Å². The molecule has 1 atom stereocenters. The first-order valence-electron chi connectivity index (χ1n) is 11.4. The molecule has 2 heterocycles. The maximum atomic E-state index is 12.6. The Hall–Kier alpha value is -1.90. The first kappa shape index (κ1) is 28.3. The van der Waals surface area contributed by atoms with Crippen molar-refractivity contribution >= 4 is 51.4 Å². The monoisotopic (exact) mass is 524 g/mol. The number of rotatable bonds is 7. The summed E-state index contributed by atoms with van der Waals surface area (Å²) in [4.78, 5) is 10.1. The van der Waals surface area contributed by atoms with Gasteiger partial charge in [0.1, 0.15) is 5.82 Å². The van der Waals surface area contributed by atoms with Gasteiger partial charge in [0.25, 0.3) is 0 Å².